The summed E-state index contributed by atoms with van der Waals surface area (Å²) in [6.45, 7) is 5.41. The number of benzene rings is 1. The Bertz CT molecular complexity index is 267. The first-order valence-electron chi connectivity index (χ1n) is 4.53. The molecule has 2 heteroatoms. The number of hydrogen-bond donors (Lipinski definition) is 1. The van der Waals surface area contributed by atoms with Crippen LogP contribution in [0.3, 0.4) is 0 Å². The second-order valence-corrected chi connectivity index (χ2v) is 4.11. The van der Waals surface area contributed by atoms with Gasteiger partial charge in [-0.15, -0.1) is 0 Å². The third kappa shape index (κ3) is 3.87. The van der Waals surface area contributed by atoms with E-state index in [0.29, 0.717) is 5.92 Å². The van der Waals surface area contributed by atoms with Crippen molar-refractivity contribution in [2.45, 2.75) is 13.8 Å². The molecule has 0 aliphatic carbocycles. The first-order valence-corrected chi connectivity index (χ1v) is 5.17. The zero-order valence-corrected chi connectivity index (χ0v) is 9.35. The Kier molecular flexibility index (Phi) is 4.38. The minimum atomic E-state index is 0.673. The summed E-state index contributed by atoms with van der Waals surface area (Å²) < 4.78 is 1.13. The van der Waals surface area contributed by atoms with Crippen LogP contribution in [0.15, 0.2) is 30.3 Å². The molecule has 0 saturated carbocycles. The predicted octanol–water partition coefficient (Wildman–Crippen LogP) is 1.96. The molecule has 1 N–H and O–H groups in total. The van der Waals surface area contributed by atoms with Crippen molar-refractivity contribution in [3.05, 3.63) is 35.9 Å². The summed E-state index contributed by atoms with van der Waals surface area (Å²) in [7, 11) is 0. The SMILES string of the molecule is CC(C)CN[C](=[Cr])c1ccccc1. The molecule has 1 aromatic rings. The second-order valence-electron chi connectivity index (χ2n) is 3.47. The molecule has 0 aromatic heterocycles. The number of nitrogens with one attached hydrogen (secondary N) is 1. The topological polar surface area (TPSA) is 12.0 Å². The van der Waals surface area contributed by atoms with Crippen molar-refractivity contribution in [3.8, 4) is 0 Å². The molecule has 0 aliphatic rings. The van der Waals surface area contributed by atoms with E-state index >= 15 is 0 Å². The molecule has 0 bridgehead atoms. The van der Waals surface area contributed by atoms with Gasteiger partial charge in [0.25, 0.3) is 0 Å². The molecule has 70 valence electrons. The maximum absolute atomic E-state index is 3.36. The molecule has 1 rings (SSSR count). The molecule has 0 spiro atoms. The van der Waals surface area contributed by atoms with Crippen LogP contribution >= 0.6 is 0 Å². The molecule has 0 aliphatic heterocycles. The van der Waals surface area contributed by atoms with Gasteiger partial charge >= 0.3 is 87.9 Å². The quantitative estimate of drug-likeness (QED) is 0.806. The van der Waals surface area contributed by atoms with Crippen molar-refractivity contribution in [2.75, 3.05) is 6.54 Å². The van der Waals surface area contributed by atoms with Gasteiger partial charge in [0.05, 0.1) is 0 Å². The predicted molar refractivity (Wildman–Crippen MR) is 53.4 cm³/mol. The normalized spacial score (nSPS) is 10.4. The van der Waals surface area contributed by atoms with Gasteiger partial charge in [-0.25, -0.2) is 0 Å². The van der Waals surface area contributed by atoms with E-state index in [-0.39, 0.29) is 0 Å². The van der Waals surface area contributed by atoms with Gasteiger partial charge in [0.15, 0.2) is 0 Å². The van der Waals surface area contributed by atoms with E-state index in [9.17, 15) is 0 Å². The van der Waals surface area contributed by atoms with E-state index in [1.165, 1.54) is 5.56 Å². The van der Waals surface area contributed by atoms with Crippen LogP contribution in [0.4, 0.5) is 0 Å². The van der Waals surface area contributed by atoms with Gasteiger partial charge in [0.1, 0.15) is 0 Å². The Hall–Kier alpha value is -0.418. The monoisotopic (exact) mass is 213 g/mol. The fourth-order valence-corrected chi connectivity index (χ4v) is 1.33. The van der Waals surface area contributed by atoms with E-state index in [1.54, 1.807) is 0 Å². The van der Waals surface area contributed by atoms with Crippen LogP contribution in [0.25, 0.3) is 0 Å². The summed E-state index contributed by atoms with van der Waals surface area (Å²) in [5.41, 5.74) is 1.23. The Morgan fingerprint density at radius 2 is 1.92 bits per heavy atom. The minimum absolute atomic E-state index is 0.673. The Morgan fingerprint density at radius 1 is 1.31 bits per heavy atom. The van der Waals surface area contributed by atoms with Gasteiger partial charge in [0, 0.05) is 0 Å². The van der Waals surface area contributed by atoms with Gasteiger partial charge in [0.2, 0.25) is 0 Å². The zero-order chi connectivity index (χ0) is 9.68. The molecule has 1 nitrogen and oxygen atoms in total. The van der Waals surface area contributed by atoms with Crippen molar-refractivity contribution in [1.29, 1.82) is 0 Å². The second kappa shape index (κ2) is 5.34. The standard InChI is InChI=1S/C11H15N.Cr/c1-10(2)8-12-9-11-6-4-3-5-7-11;/h3-7,10,12H,8H2,1-2H3;. The van der Waals surface area contributed by atoms with Crippen molar-refractivity contribution < 1.29 is 15.9 Å². The van der Waals surface area contributed by atoms with E-state index in [1.807, 2.05) is 18.2 Å². The summed E-state index contributed by atoms with van der Waals surface area (Å²) in [6.07, 6.45) is 0. The molecule has 1 aromatic carbocycles. The van der Waals surface area contributed by atoms with Crippen LogP contribution in [0.5, 0.6) is 0 Å². The first-order chi connectivity index (χ1) is 6.20. The summed E-state index contributed by atoms with van der Waals surface area (Å²) in [4.78, 5) is 0. The molecule has 0 fully saturated rings. The van der Waals surface area contributed by atoms with Crippen LogP contribution in [-0.2, 0) is 15.9 Å². The fourth-order valence-electron chi connectivity index (χ4n) is 0.988. The fraction of sp³-hybridized carbons (Fsp3) is 0.364. The average molecular weight is 213 g/mol. The van der Waals surface area contributed by atoms with Crippen molar-refractivity contribution >= 4 is 4.50 Å². The molecule has 0 saturated heterocycles. The summed E-state index contributed by atoms with van der Waals surface area (Å²) in [5.74, 6) is 0.673. The molecular weight excluding hydrogens is 198 g/mol. The summed E-state index contributed by atoms with van der Waals surface area (Å²) >= 11 is 3.05. The summed E-state index contributed by atoms with van der Waals surface area (Å²) in [5, 5.41) is 3.36. The van der Waals surface area contributed by atoms with E-state index in [2.05, 4.69) is 47.1 Å². The molecule has 0 amide bonds. The van der Waals surface area contributed by atoms with Gasteiger partial charge < -0.3 is 0 Å². The van der Waals surface area contributed by atoms with Gasteiger partial charge in [-0.05, 0) is 0 Å². The van der Waals surface area contributed by atoms with E-state index < -0.39 is 0 Å². The van der Waals surface area contributed by atoms with E-state index in [4.69, 9.17) is 0 Å². The molecule has 0 heterocycles. The molecule has 0 atom stereocenters. The van der Waals surface area contributed by atoms with Crippen molar-refractivity contribution in [1.82, 2.24) is 5.32 Å². The number of hydrogen-bond acceptors (Lipinski definition) is 1. The molecule has 0 radical (unpaired) electrons. The van der Waals surface area contributed by atoms with Crippen LogP contribution in [0, 0.1) is 5.92 Å². The molecular formula is C11H15CrN. The Balaban J connectivity index is 2.50. The number of rotatable bonds is 4. The Labute approximate surface area is 88.1 Å². The van der Waals surface area contributed by atoms with E-state index in [0.717, 1.165) is 11.0 Å². The third-order valence-electron chi connectivity index (χ3n) is 1.71. The van der Waals surface area contributed by atoms with Crippen molar-refractivity contribution in [3.63, 3.8) is 0 Å². The van der Waals surface area contributed by atoms with Gasteiger partial charge in [-0.3, -0.25) is 0 Å². The average Bonchev–Trinajstić information content (AvgIpc) is 2.15. The van der Waals surface area contributed by atoms with Crippen molar-refractivity contribution in [2.24, 2.45) is 5.92 Å². The molecule has 13 heavy (non-hydrogen) atoms. The van der Waals surface area contributed by atoms with Gasteiger partial charge in [-0.1, -0.05) is 0 Å². The Morgan fingerprint density at radius 3 is 2.46 bits per heavy atom. The third-order valence-corrected chi connectivity index (χ3v) is 2.30. The van der Waals surface area contributed by atoms with Crippen LogP contribution in [0.2, 0.25) is 0 Å². The van der Waals surface area contributed by atoms with Gasteiger partial charge in [-0.2, -0.15) is 0 Å². The maximum atomic E-state index is 3.36. The van der Waals surface area contributed by atoms with Crippen LogP contribution in [-0.4, -0.2) is 11.0 Å². The molecule has 0 unspecified atom stereocenters. The van der Waals surface area contributed by atoms with Crippen LogP contribution < -0.4 is 5.32 Å². The zero-order valence-electron chi connectivity index (χ0n) is 8.08. The summed E-state index contributed by atoms with van der Waals surface area (Å²) in [6, 6.07) is 10.3. The first kappa shape index (κ1) is 10.7. The van der Waals surface area contributed by atoms with Crippen LogP contribution in [0.1, 0.15) is 19.4 Å².